The number of nitrogens with zero attached hydrogens (tertiary/aromatic N) is 3. The lowest BCUT2D eigenvalue weighted by molar-refractivity contribution is -0.115. The number of nitrogen functional groups attached to an aromatic ring is 1. The maximum atomic E-state index is 12.6. The smallest absolute Gasteiger partial charge is 0.237 e. The van der Waals surface area contributed by atoms with Crippen molar-refractivity contribution >= 4 is 23.4 Å². The molecule has 0 bridgehead atoms. The van der Waals surface area contributed by atoms with Crippen molar-refractivity contribution in [2.24, 2.45) is 0 Å². The summed E-state index contributed by atoms with van der Waals surface area (Å²) in [7, 11) is 1.62. The summed E-state index contributed by atoms with van der Waals surface area (Å²) >= 11 is 1.27. The summed E-state index contributed by atoms with van der Waals surface area (Å²) in [5, 5.41) is 11.4. The molecule has 0 radical (unpaired) electrons. The number of amides is 1. The number of methoxy groups -OCH3 is 1. The fourth-order valence-corrected chi connectivity index (χ4v) is 4.17. The SMILES string of the molecule is COc1ccc(-c2nnc(S[C@H](C)C(=O)Nc3ccc4c(c3)CCC4)n2N)cc1. The third kappa shape index (κ3) is 4.07. The van der Waals surface area contributed by atoms with Crippen molar-refractivity contribution in [3.05, 3.63) is 53.6 Å². The molecule has 1 aliphatic rings. The molecule has 0 fully saturated rings. The molecule has 1 aliphatic carbocycles. The van der Waals surface area contributed by atoms with Crippen molar-refractivity contribution in [3.8, 4) is 17.1 Å². The quantitative estimate of drug-likeness (QED) is 0.479. The summed E-state index contributed by atoms with van der Waals surface area (Å²) in [6.45, 7) is 1.83. The van der Waals surface area contributed by atoms with Gasteiger partial charge in [0, 0.05) is 11.3 Å². The summed E-state index contributed by atoms with van der Waals surface area (Å²) in [5.41, 5.74) is 4.36. The van der Waals surface area contributed by atoms with Crippen molar-refractivity contribution in [1.29, 1.82) is 0 Å². The summed E-state index contributed by atoms with van der Waals surface area (Å²) in [5.74, 6) is 7.36. The van der Waals surface area contributed by atoms with Crippen molar-refractivity contribution in [1.82, 2.24) is 14.9 Å². The molecule has 7 nitrogen and oxygen atoms in total. The van der Waals surface area contributed by atoms with Gasteiger partial charge in [0.2, 0.25) is 11.1 Å². The third-order valence-electron chi connectivity index (χ3n) is 5.03. The van der Waals surface area contributed by atoms with Crippen LogP contribution in [0, 0.1) is 0 Å². The molecule has 1 aromatic heterocycles. The van der Waals surface area contributed by atoms with Crippen LogP contribution in [0.2, 0.25) is 0 Å². The van der Waals surface area contributed by atoms with E-state index in [1.54, 1.807) is 7.11 Å². The molecule has 4 rings (SSSR count). The van der Waals surface area contributed by atoms with Gasteiger partial charge in [0.25, 0.3) is 0 Å². The zero-order valence-corrected chi connectivity index (χ0v) is 17.2. The topological polar surface area (TPSA) is 95.1 Å². The first-order valence-electron chi connectivity index (χ1n) is 9.49. The Bertz CT molecular complexity index is 1030. The predicted octanol–water partition coefficient (Wildman–Crippen LogP) is 3.28. The predicted molar refractivity (Wildman–Crippen MR) is 115 cm³/mol. The van der Waals surface area contributed by atoms with Gasteiger partial charge in [-0.1, -0.05) is 17.8 Å². The van der Waals surface area contributed by atoms with Crippen molar-refractivity contribution in [3.63, 3.8) is 0 Å². The fraction of sp³-hybridized carbons (Fsp3) is 0.286. The van der Waals surface area contributed by atoms with Gasteiger partial charge < -0.3 is 15.9 Å². The molecule has 3 aromatic rings. The maximum Gasteiger partial charge on any atom is 0.237 e. The number of aromatic nitrogens is 3. The second-order valence-electron chi connectivity index (χ2n) is 6.99. The molecule has 150 valence electrons. The standard InChI is InChI=1S/C21H23N5O2S/c1-13(20(27)23-17-9-6-14-4-3-5-16(14)12-17)29-21-25-24-19(26(21)22)15-7-10-18(28-2)11-8-15/h6-13H,3-5,22H2,1-2H3,(H,23,27)/t13-/m1/s1. The van der Waals surface area contributed by atoms with E-state index in [1.165, 1.54) is 34.0 Å². The Hall–Kier alpha value is -3.00. The highest BCUT2D eigenvalue weighted by atomic mass is 32.2. The average Bonchev–Trinajstić information content (AvgIpc) is 3.34. The van der Waals surface area contributed by atoms with Gasteiger partial charge in [0.05, 0.1) is 12.4 Å². The van der Waals surface area contributed by atoms with Gasteiger partial charge in [-0.3, -0.25) is 4.79 Å². The van der Waals surface area contributed by atoms with Gasteiger partial charge in [-0.25, -0.2) is 4.68 Å². The van der Waals surface area contributed by atoms with Gasteiger partial charge in [0.1, 0.15) is 5.75 Å². The first-order chi connectivity index (χ1) is 14.0. The van der Waals surface area contributed by atoms with Gasteiger partial charge in [-0.2, -0.15) is 0 Å². The normalized spacial score (nSPS) is 13.7. The van der Waals surface area contributed by atoms with Crippen LogP contribution >= 0.6 is 11.8 Å². The minimum Gasteiger partial charge on any atom is -0.497 e. The van der Waals surface area contributed by atoms with E-state index in [0.29, 0.717) is 11.0 Å². The number of rotatable bonds is 6. The number of fused-ring (bicyclic) bond motifs is 1. The number of aryl methyl sites for hydroxylation is 2. The molecule has 0 unspecified atom stereocenters. The Morgan fingerprint density at radius 3 is 2.69 bits per heavy atom. The molecule has 2 aromatic carbocycles. The van der Waals surface area contributed by atoms with E-state index < -0.39 is 0 Å². The number of hydrogen-bond acceptors (Lipinski definition) is 6. The number of carbonyl (C=O) groups is 1. The lowest BCUT2D eigenvalue weighted by Gasteiger charge is -2.12. The largest absolute Gasteiger partial charge is 0.497 e. The zero-order valence-electron chi connectivity index (χ0n) is 16.4. The maximum absolute atomic E-state index is 12.6. The number of anilines is 1. The molecule has 0 saturated carbocycles. The Labute approximate surface area is 173 Å². The number of hydrogen-bond donors (Lipinski definition) is 2. The highest BCUT2D eigenvalue weighted by Gasteiger charge is 2.21. The molecule has 0 aliphatic heterocycles. The molecule has 1 amide bonds. The lowest BCUT2D eigenvalue weighted by atomic mass is 10.1. The number of ether oxygens (including phenoxy) is 1. The second kappa shape index (κ2) is 8.16. The van der Waals surface area contributed by atoms with Crippen LogP contribution < -0.4 is 15.9 Å². The molecule has 29 heavy (non-hydrogen) atoms. The van der Waals surface area contributed by atoms with Crippen LogP contribution in [-0.4, -0.2) is 33.1 Å². The number of nitrogens with two attached hydrogens (primary N) is 1. The van der Waals surface area contributed by atoms with Crippen LogP contribution in [0.4, 0.5) is 5.69 Å². The van der Waals surface area contributed by atoms with Gasteiger partial charge >= 0.3 is 0 Å². The van der Waals surface area contributed by atoms with Crippen LogP contribution in [0.15, 0.2) is 47.6 Å². The Morgan fingerprint density at radius 2 is 1.93 bits per heavy atom. The summed E-state index contributed by atoms with van der Waals surface area (Å²) in [4.78, 5) is 12.6. The Kier molecular flexibility index (Phi) is 5.44. The van der Waals surface area contributed by atoms with Crippen LogP contribution in [0.3, 0.4) is 0 Å². The number of carbonyl (C=O) groups excluding carboxylic acids is 1. The Balaban J connectivity index is 1.43. The van der Waals surface area contributed by atoms with E-state index in [9.17, 15) is 4.79 Å². The summed E-state index contributed by atoms with van der Waals surface area (Å²) in [6.07, 6.45) is 3.38. The highest BCUT2D eigenvalue weighted by Crippen LogP contribution is 2.28. The number of thioether (sulfide) groups is 1. The van der Waals surface area contributed by atoms with Crippen LogP contribution in [0.5, 0.6) is 5.75 Å². The summed E-state index contributed by atoms with van der Waals surface area (Å²) in [6, 6.07) is 13.5. The van der Waals surface area contributed by atoms with Gasteiger partial charge in [-0.05, 0) is 73.7 Å². The molecule has 0 spiro atoms. The van der Waals surface area contributed by atoms with Crippen LogP contribution in [0.25, 0.3) is 11.4 Å². The van der Waals surface area contributed by atoms with Crippen LogP contribution in [-0.2, 0) is 17.6 Å². The van der Waals surface area contributed by atoms with E-state index >= 15 is 0 Å². The molecule has 1 heterocycles. The van der Waals surface area contributed by atoms with E-state index in [1.807, 2.05) is 37.3 Å². The minimum atomic E-state index is -0.376. The van der Waals surface area contributed by atoms with E-state index in [4.69, 9.17) is 10.6 Å². The zero-order chi connectivity index (χ0) is 20.4. The van der Waals surface area contributed by atoms with Gasteiger partial charge in [0.15, 0.2) is 5.82 Å². The van der Waals surface area contributed by atoms with Crippen molar-refractivity contribution in [2.45, 2.75) is 36.6 Å². The number of nitrogens with one attached hydrogen (secondary N) is 1. The minimum absolute atomic E-state index is 0.0954. The second-order valence-corrected chi connectivity index (χ2v) is 8.30. The van der Waals surface area contributed by atoms with Crippen molar-refractivity contribution < 1.29 is 9.53 Å². The van der Waals surface area contributed by atoms with Crippen molar-refractivity contribution in [2.75, 3.05) is 18.3 Å². The monoisotopic (exact) mass is 409 g/mol. The highest BCUT2D eigenvalue weighted by molar-refractivity contribution is 8.00. The molecular weight excluding hydrogens is 386 g/mol. The van der Waals surface area contributed by atoms with Crippen LogP contribution in [0.1, 0.15) is 24.5 Å². The molecule has 8 heteroatoms. The van der Waals surface area contributed by atoms with E-state index in [0.717, 1.165) is 29.8 Å². The van der Waals surface area contributed by atoms with Gasteiger partial charge in [-0.15, -0.1) is 10.2 Å². The van der Waals surface area contributed by atoms with E-state index in [2.05, 4.69) is 27.6 Å². The fourth-order valence-electron chi connectivity index (χ4n) is 3.40. The first kappa shape index (κ1) is 19.3. The number of benzene rings is 2. The molecular formula is C21H23N5O2S. The summed E-state index contributed by atoms with van der Waals surface area (Å²) < 4.78 is 6.58. The first-order valence-corrected chi connectivity index (χ1v) is 10.4. The third-order valence-corrected chi connectivity index (χ3v) is 6.09. The molecule has 0 saturated heterocycles. The molecule has 3 N–H and O–H groups in total. The average molecular weight is 410 g/mol. The molecule has 1 atom stereocenters. The van der Waals surface area contributed by atoms with E-state index in [-0.39, 0.29) is 11.2 Å². The Morgan fingerprint density at radius 1 is 1.17 bits per heavy atom. The lowest BCUT2D eigenvalue weighted by Crippen LogP contribution is -2.23.